The quantitative estimate of drug-likeness (QED) is 0.205. The molecule has 0 saturated carbocycles. The highest BCUT2D eigenvalue weighted by Gasteiger charge is 2.22. The monoisotopic (exact) mass is 588 g/mol. The van der Waals surface area contributed by atoms with E-state index in [0.717, 1.165) is 10.8 Å². The minimum Gasteiger partial charge on any atom is -0.456 e. The van der Waals surface area contributed by atoms with Crippen molar-refractivity contribution in [3.8, 4) is 28.7 Å². The Morgan fingerprint density at radius 1 is 0.489 bits per heavy atom. The number of benzene rings is 6. The van der Waals surface area contributed by atoms with Crippen molar-refractivity contribution in [2.45, 2.75) is 0 Å². The summed E-state index contributed by atoms with van der Waals surface area (Å²) in [4.78, 5) is 14.7. The summed E-state index contributed by atoms with van der Waals surface area (Å²) in [7, 11) is 0. The molecule has 0 fully saturated rings. The van der Waals surface area contributed by atoms with Crippen LogP contribution in [0.4, 0.5) is 0 Å². The molecule has 45 heavy (non-hydrogen) atoms. The summed E-state index contributed by atoms with van der Waals surface area (Å²) in [6.45, 7) is 0. The highest BCUT2D eigenvalue weighted by Crippen LogP contribution is 2.41. The fraction of sp³-hybridized carbons (Fsp3) is 0. The number of hydrogen-bond acceptors (Lipinski definition) is 5. The van der Waals surface area contributed by atoms with Gasteiger partial charge in [0.15, 0.2) is 11.6 Å². The zero-order valence-electron chi connectivity index (χ0n) is 33.0. The van der Waals surface area contributed by atoms with Crippen LogP contribution in [-0.2, 0) is 0 Å². The topological polar surface area (TPSA) is 69.9 Å². The second kappa shape index (κ2) is 9.11. The van der Waals surface area contributed by atoms with E-state index in [-0.39, 0.29) is 61.3 Å². The maximum Gasteiger partial charge on any atom is 0.238 e. The van der Waals surface area contributed by atoms with E-state index < -0.39 is 60.4 Å². The van der Waals surface area contributed by atoms with E-state index in [9.17, 15) is 2.74 Å². The van der Waals surface area contributed by atoms with Crippen LogP contribution in [0, 0.1) is 0 Å². The molecule has 0 radical (unpaired) electrons. The lowest BCUT2D eigenvalue weighted by Gasteiger charge is -2.11. The zero-order valence-corrected chi connectivity index (χ0v) is 23.0. The van der Waals surface area contributed by atoms with Crippen LogP contribution in [0.15, 0.2) is 142 Å². The van der Waals surface area contributed by atoms with Gasteiger partial charge in [0, 0.05) is 43.4 Å². The molecule has 0 bridgehead atoms. The van der Waals surface area contributed by atoms with E-state index in [2.05, 4.69) is 0 Å². The maximum absolute atomic E-state index is 9.38. The molecule has 0 amide bonds. The van der Waals surface area contributed by atoms with Crippen molar-refractivity contribution in [1.82, 2.24) is 19.5 Å². The average molecular weight is 589 g/mol. The number of nitrogens with zero attached hydrogens (tertiary/aromatic N) is 4. The molecule has 6 aromatic carbocycles. The third kappa shape index (κ3) is 3.48. The molecule has 0 unspecified atom stereocenters. The number of para-hydroxylation sites is 3. The van der Waals surface area contributed by atoms with Crippen LogP contribution in [0.1, 0.15) is 13.7 Å². The van der Waals surface area contributed by atoms with Crippen LogP contribution in [-0.4, -0.2) is 19.5 Å². The number of furan rings is 2. The highest BCUT2D eigenvalue weighted by atomic mass is 16.3. The van der Waals surface area contributed by atoms with Crippen LogP contribution in [0.3, 0.4) is 0 Å². The van der Waals surface area contributed by atoms with Gasteiger partial charge in [0.2, 0.25) is 5.95 Å². The molecule has 0 saturated heterocycles. The number of fused-ring (bicyclic) bond motifs is 10. The average Bonchev–Trinajstić information content (AvgIpc) is 3.90. The molecule has 210 valence electrons. The number of rotatable bonds is 3. The Balaban J connectivity index is 1.44. The van der Waals surface area contributed by atoms with E-state index in [1.165, 1.54) is 4.57 Å². The third-order valence-corrected chi connectivity index (χ3v) is 7.98. The summed E-state index contributed by atoms with van der Waals surface area (Å²) in [6.07, 6.45) is 0. The molecule has 0 aliphatic rings. The SMILES string of the molecule is [2H]c1c([2H])c([2H])c2c(oc3c([2H])c([2H])c4c(c5c([2H])c([2H])c([2H])c([2H])c5n4-c4nc(-c5ccccc5)nc(-c5cccc6oc7ccccc7c56)n4)c32)c1[2H]. The van der Waals surface area contributed by atoms with Gasteiger partial charge in [-0.2, -0.15) is 9.97 Å². The lowest BCUT2D eigenvalue weighted by molar-refractivity contribution is 0.668. The zero-order chi connectivity index (χ0) is 38.2. The Morgan fingerprint density at radius 3 is 2.18 bits per heavy atom. The predicted molar refractivity (Wildman–Crippen MR) is 180 cm³/mol. The first kappa shape index (κ1) is 16.5. The summed E-state index contributed by atoms with van der Waals surface area (Å²) in [6, 6.07) is 17.0. The minimum absolute atomic E-state index is 0.000946. The van der Waals surface area contributed by atoms with Crippen LogP contribution in [0.25, 0.3) is 94.4 Å². The standard InChI is InChI=1S/C39H22N4O2/c1-2-11-23(12-3-1)37-40-38(27-16-10-20-32-34(27)25-14-5-8-18-30(25)44-32)42-39(41-37)43-28-17-7-4-13-24(28)35-29(43)21-22-33-36(35)26-15-6-9-19-31(26)45-33/h1-22H/i4D,6D,7D,9D,13D,15D,17D,19D,21D,22D. The summed E-state index contributed by atoms with van der Waals surface area (Å²) in [5.41, 5.74) is 1.74. The minimum atomic E-state index is -0.569. The molecule has 0 spiro atoms. The Kier molecular flexibility index (Phi) is 3.35. The lowest BCUT2D eigenvalue weighted by Crippen LogP contribution is -2.06. The molecule has 0 atom stereocenters. The summed E-state index contributed by atoms with van der Waals surface area (Å²) in [5.74, 6) is 0.280. The van der Waals surface area contributed by atoms with E-state index in [1.807, 2.05) is 54.6 Å². The van der Waals surface area contributed by atoms with Crippen molar-refractivity contribution in [2.75, 3.05) is 0 Å². The van der Waals surface area contributed by atoms with Gasteiger partial charge in [0.1, 0.15) is 22.3 Å². The lowest BCUT2D eigenvalue weighted by atomic mass is 10.1. The maximum atomic E-state index is 9.38. The molecule has 4 aromatic heterocycles. The largest absolute Gasteiger partial charge is 0.456 e. The van der Waals surface area contributed by atoms with E-state index in [4.69, 9.17) is 34.8 Å². The van der Waals surface area contributed by atoms with Crippen molar-refractivity contribution >= 4 is 65.7 Å². The Hall–Kier alpha value is -6.27. The van der Waals surface area contributed by atoms with Gasteiger partial charge in [-0.3, -0.25) is 4.57 Å². The van der Waals surface area contributed by atoms with E-state index in [1.54, 1.807) is 18.2 Å². The third-order valence-electron chi connectivity index (χ3n) is 7.98. The first-order chi connectivity index (χ1) is 26.5. The van der Waals surface area contributed by atoms with Crippen LogP contribution in [0.2, 0.25) is 0 Å². The molecule has 0 N–H and O–H groups in total. The van der Waals surface area contributed by atoms with Crippen molar-refractivity contribution in [3.05, 3.63) is 133 Å². The first-order valence-electron chi connectivity index (χ1n) is 19.1. The van der Waals surface area contributed by atoms with Crippen LogP contribution in [0.5, 0.6) is 0 Å². The summed E-state index contributed by atoms with van der Waals surface area (Å²) >= 11 is 0. The molecule has 10 rings (SSSR count). The molecule has 4 heterocycles. The van der Waals surface area contributed by atoms with Gasteiger partial charge in [0.05, 0.1) is 24.7 Å². The molecule has 6 heteroatoms. The van der Waals surface area contributed by atoms with Gasteiger partial charge in [0.25, 0.3) is 0 Å². The van der Waals surface area contributed by atoms with E-state index in [0.29, 0.717) is 22.3 Å². The molecular weight excluding hydrogens is 556 g/mol. The molecule has 10 aromatic rings. The fourth-order valence-corrected chi connectivity index (χ4v) is 6.08. The van der Waals surface area contributed by atoms with Gasteiger partial charge >= 0.3 is 0 Å². The van der Waals surface area contributed by atoms with Crippen molar-refractivity contribution in [3.63, 3.8) is 0 Å². The van der Waals surface area contributed by atoms with Gasteiger partial charge < -0.3 is 8.83 Å². The Labute approximate surface area is 269 Å². The normalized spacial score (nSPS) is 15.1. The van der Waals surface area contributed by atoms with Gasteiger partial charge in [-0.05, 0) is 36.3 Å². The predicted octanol–water partition coefficient (Wildman–Crippen LogP) is 10.1. The van der Waals surface area contributed by atoms with Gasteiger partial charge in [-0.25, -0.2) is 4.98 Å². The Bertz CT molecular complexity index is 3340. The summed E-state index contributed by atoms with van der Waals surface area (Å²) < 4.78 is 102. The number of hydrogen-bond donors (Lipinski definition) is 0. The fourth-order valence-electron chi connectivity index (χ4n) is 6.08. The first-order valence-corrected chi connectivity index (χ1v) is 14.1. The Morgan fingerprint density at radius 2 is 1.24 bits per heavy atom. The van der Waals surface area contributed by atoms with Crippen LogP contribution >= 0.6 is 0 Å². The van der Waals surface area contributed by atoms with Crippen molar-refractivity contribution < 1.29 is 22.5 Å². The number of aromatic nitrogens is 4. The molecule has 0 aliphatic heterocycles. The highest BCUT2D eigenvalue weighted by molar-refractivity contribution is 6.27. The molecular formula is C39H22N4O2. The van der Waals surface area contributed by atoms with Crippen LogP contribution < -0.4 is 0 Å². The van der Waals surface area contributed by atoms with E-state index >= 15 is 0 Å². The van der Waals surface area contributed by atoms with Gasteiger partial charge in [-0.1, -0.05) is 96.9 Å². The second-order valence-corrected chi connectivity index (χ2v) is 10.5. The second-order valence-electron chi connectivity index (χ2n) is 10.5. The van der Waals surface area contributed by atoms with Crippen molar-refractivity contribution in [2.24, 2.45) is 0 Å². The smallest absolute Gasteiger partial charge is 0.238 e. The summed E-state index contributed by atoms with van der Waals surface area (Å²) in [5, 5.41) is 1.40. The van der Waals surface area contributed by atoms with Gasteiger partial charge in [-0.15, -0.1) is 0 Å². The molecule has 0 aliphatic carbocycles. The van der Waals surface area contributed by atoms with Crippen molar-refractivity contribution in [1.29, 1.82) is 0 Å². The molecule has 6 nitrogen and oxygen atoms in total.